The second kappa shape index (κ2) is 6.13. The van der Waals surface area contributed by atoms with Gasteiger partial charge in [-0.25, -0.2) is 9.97 Å². The van der Waals surface area contributed by atoms with Crippen LogP contribution in [0.2, 0.25) is 0 Å². The van der Waals surface area contributed by atoms with Crippen molar-refractivity contribution in [1.82, 2.24) is 14.5 Å². The molecule has 1 aliphatic rings. The predicted octanol–water partition coefficient (Wildman–Crippen LogP) is 4.38. The molecule has 4 heteroatoms. The predicted molar refractivity (Wildman–Crippen MR) is 93.1 cm³/mol. The maximum atomic E-state index is 4.84. The topological polar surface area (TPSA) is 30.7 Å². The molecule has 3 aromatic rings. The summed E-state index contributed by atoms with van der Waals surface area (Å²) in [6.45, 7) is 1.00. The first-order valence-electron chi connectivity index (χ1n) is 7.90. The standard InChI is InChI=1S/C18H19N3S/c1-2-7-14(8-3-1)17-20-16-10-6-11-19-18(16)21(17)13-15-9-4-5-12-22-15/h1-3,6-8,10-11,15H,4-5,9,12-13H2. The van der Waals surface area contributed by atoms with Crippen LogP contribution in [0.15, 0.2) is 48.7 Å². The quantitative estimate of drug-likeness (QED) is 0.719. The second-order valence-corrected chi connectivity index (χ2v) is 7.16. The van der Waals surface area contributed by atoms with Gasteiger partial charge in [-0.05, 0) is 30.7 Å². The summed E-state index contributed by atoms with van der Waals surface area (Å²) in [7, 11) is 0. The summed E-state index contributed by atoms with van der Waals surface area (Å²) in [4.78, 5) is 9.42. The van der Waals surface area contributed by atoms with E-state index >= 15 is 0 Å². The lowest BCUT2D eigenvalue weighted by atomic mass is 10.1. The Morgan fingerprint density at radius 3 is 2.82 bits per heavy atom. The van der Waals surface area contributed by atoms with Gasteiger partial charge < -0.3 is 4.57 Å². The Bertz CT molecular complexity index is 760. The molecule has 1 aliphatic heterocycles. The molecule has 0 radical (unpaired) electrons. The van der Waals surface area contributed by atoms with Crippen molar-refractivity contribution in [2.24, 2.45) is 0 Å². The second-order valence-electron chi connectivity index (χ2n) is 5.75. The first-order valence-corrected chi connectivity index (χ1v) is 8.95. The molecule has 0 saturated carbocycles. The SMILES string of the molecule is c1ccc(-c2nc3cccnc3n2CC2CCCCS2)cc1. The van der Waals surface area contributed by atoms with Crippen molar-refractivity contribution in [2.45, 2.75) is 31.1 Å². The molecule has 1 atom stereocenters. The largest absolute Gasteiger partial charge is 0.308 e. The number of hydrogen-bond acceptors (Lipinski definition) is 3. The molecule has 3 nitrogen and oxygen atoms in total. The molecule has 0 N–H and O–H groups in total. The molecule has 2 aromatic heterocycles. The molecule has 112 valence electrons. The molecular weight excluding hydrogens is 290 g/mol. The van der Waals surface area contributed by atoms with Gasteiger partial charge in [-0.1, -0.05) is 36.8 Å². The van der Waals surface area contributed by atoms with E-state index in [0.29, 0.717) is 5.25 Å². The summed E-state index contributed by atoms with van der Waals surface area (Å²) in [6, 6.07) is 14.5. The van der Waals surface area contributed by atoms with Crippen LogP contribution in [-0.4, -0.2) is 25.5 Å². The third-order valence-electron chi connectivity index (χ3n) is 4.20. The van der Waals surface area contributed by atoms with Gasteiger partial charge in [-0.15, -0.1) is 0 Å². The smallest absolute Gasteiger partial charge is 0.160 e. The Balaban J connectivity index is 1.79. The number of hydrogen-bond donors (Lipinski definition) is 0. The van der Waals surface area contributed by atoms with Crippen molar-refractivity contribution < 1.29 is 0 Å². The lowest BCUT2D eigenvalue weighted by molar-refractivity contribution is 0.592. The van der Waals surface area contributed by atoms with E-state index in [9.17, 15) is 0 Å². The van der Waals surface area contributed by atoms with Gasteiger partial charge in [0.15, 0.2) is 5.65 Å². The molecule has 0 spiro atoms. The fraction of sp³-hybridized carbons (Fsp3) is 0.333. The zero-order valence-corrected chi connectivity index (χ0v) is 13.3. The highest BCUT2D eigenvalue weighted by Gasteiger charge is 2.19. The molecule has 1 fully saturated rings. The van der Waals surface area contributed by atoms with Crippen LogP contribution in [0.25, 0.3) is 22.6 Å². The van der Waals surface area contributed by atoms with Gasteiger partial charge in [0.25, 0.3) is 0 Å². The van der Waals surface area contributed by atoms with E-state index < -0.39 is 0 Å². The summed E-state index contributed by atoms with van der Waals surface area (Å²) < 4.78 is 2.31. The zero-order chi connectivity index (χ0) is 14.8. The lowest BCUT2D eigenvalue weighted by Crippen LogP contribution is -2.17. The van der Waals surface area contributed by atoms with Crippen LogP contribution in [0.4, 0.5) is 0 Å². The number of aromatic nitrogens is 3. The van der Waals surface area contributed by atoms with E-state index in [-0.39, 0.29) is 0 Å². The number of benzene rings is 1. The van der Waals surface area contributed by atoms with E-state index in [1.54, 1.807) is 0 Å². The van der Waals surface area contributed by atoms with Crippen molar-refractivity contribution in [3.63, 3.8) is 0 Å². The van der Waals surface area contributed by atoms with Crippen LogP contribution in [-0.2, 0) is 6.54 Å². The Labute approximate surface area is 134 Å². The summed E-state index contributed by atoms with van der Waals surface area (Å²) in [6.07, 6.45) is 5.86. The highest BCUT2D eigenvalue weighted by Crippen LogP contribution is 2.30. The average Bonchev–Trinajstić information content (AvgIpc) is 2.95. The molecule has 4 rings (SSSR count). The number of rotatable bonds is 3. The van der Waals surface area contributed by atoms with Crippen molar-refractivity contribution >= 4 is 22.9 Å². The van der Waals surface area contributed by atoms with Crippen LogP contribution in [0.3, 0.4) is 0 Å². The minimum absolute atomic E-state index is 0.676. The van der Waals surface area contributed by atoms with Gasteiger partial charge in [-0.3, -0.25) is 0 Å². The van der Waals surface area contributed by atoms with Crippen LogP contribution in [0.1, 0.15) is 19.3 Å². The minimum Gasteiger partial charge on any atom is -0.308 e. The summed E-state index contributed by atoms with van der Waals surface area (Å²) in [5.41, 5.74) is 3.16. The van der Waals surface area contributed by atoms with Gasteiger partial charge in [-0.2, -0.15) is 11.8 Å². The minimum atomic E-state index is 0.676. The number of pyridine rings is 1. The lowest BCUT2D eigenvalue weighted by Gasteiger charge is -2.22. The van der Waals surface area contributed by atoms with Gasteiger partial charge in [0.05, 0.1) is 0 Å². The van der Waals surface area contributed by atoms with Gasteiger partial charge >= 0.3 is 0 Å². The number of thioether (sulfide) groups is 1. The Morgan fingerprint density at radius 1 is 1.09 bits per heavy atom. The molecule has 3 heterocycles. The Morgan fingerprint density at radius 2 is 2.00 bits per heavy atom. The van der Waals surface area contributed by atoms with Gasteiger partial charge in [0.2, 0.25) is 0 Å². The molecule has 1 saturated heterocycles. The van der Waals surface area contributed by atoms with E-state index in [4.69, 9.17) is 4.98 Å². The molecule has 0 aliphatic carbocycles. The average molecular weight is 309 g/mol. The number of nitrogens with zero attached hydrogens (tertiary/aromatic N) is 3. The fourth-order valence-corrected chi connectivity index (χ4v) is 4.39. The third kappa shape index (κ3) is 2.63. The first kappa shape index (κ1) is 13.8. The first-order chi connectivity index (χ1) is 10.9. The highest BCUT2D eigenvalue weighted by atomic mass is 32.2. The van der Waals surface area contributed by atoms with E-state index in [0.717, 1.165) is 23.5 Å². The summed E-state index contributed by atoms with van der Waals surface area (Å²) >= 11 is 2.10. The molecule has 1 unspecified atom stereocenters. The summed E-state index contributed by atoms with van der Waals surface area (Å²) in [5.74, 6) is 2.33. The third-order valence-corrected chi connectivity index (χ3v) is 5.58. The number of fused-ring (bicyclic) bond motifs is 1. The van der Waals surface area contributed by atoms with Crippen LogP contribution in [0.5, 0.6) is 0 Å². The maximum absolute atomic E-state index is 4.84. The molecule has 1 aromatic carbocycles. The zero-order valence-electron chi connectivity index (χ0n) is 12.5. The fourth-order valence-electron chi connectivity index (χ4n) is 3.09. The monoisotopic (exact) mass is 309 g/mol. The van der Waals surface area contributed by atoms with Crippen LogP contribution in [0, 0.1) is 0 Å². The molecule has 0 bridgehead atoms. The van der Waals surface area contributed by atoms with Gasteiger partial charge in [0.1, 0.15) is 11.3 Å². The Kier molecular flexibility index (Phi) is 3.85. The molecular formula is C18H19N3S. The number of imidazole rings is 1. The summed E-state index contributed by atoms with van der Waals surface area (Å²) in [5, 5.41) is 0.676. The van der Waals surface area contributed by atoms with E-state index in [1.807, 2.05) is 18.3 Å². The van der Waals surface area contributed by atoms with E-state index in [2.05, 4.69) is 51.6 Å². The van der Waals surface area contributed by atoms with Crippen molar-refractivity contribution in [1.29, 1.82) is 0 Å². The van der Waals surface area contributed by atoms with Crippen LogP contribution >= 0.6 is 11.8 Å². The molecule has 0 amide bonds. The highest BCUT2D eigenvalue weighted by molar-refractivity contribution is 7.99. The van der Waals surface area contributed by atoms with E-state index in [1.165, 1.54) is 30.6 Å². The normalized spacial score (nSPS) is 18.6. The van der Waals surface area contributed by atoms with Crippen molar-refractivity contribution in [3.8, 4) is 11.4 Å². The van der Waals surface area contributed by atoms with Crippen molar-refractivity contribution in [3.05, 3.63) is 48.7 Å². The van der Waals surface area contributed by atoms with Crippen molar-refractivity contribution in [2.75, 3.05) is 5.75 Å². The van der Waals surface area contributed by atoms with Crippen LogP contribution < -0.4 is 0 Å². The Hall–Kier alpha value is -1.81. The van der Waals surface area contributed by atoms with Gasteiger partial charge in [0, 0.05) is 23.6 Å². The molecule has 22 heavy (non-hydrogen) atoms. The maximum Gasteiger partial charge on any atom is 0.160 e.